The van der Waals surface area contributed by atoms with Crippen LogP contribution >= 0.6 is 11.3 Å². The number of esters is 1. The second-order valence-corrected chi connectivity index (χ2v) is 10.1. The summed E-state index contributed by atoms with van der Waals surface area (Å²) in [5.41, 5.74) is 4.16. The minimum atomic E-state index is -0.335. The standard InChI is InChI=1S/C26H35NO4S/c1-6-30-26(29)24-21-11-9-17(4)14-22(21)32-25(24)27-23(28)8-7-13-31-19-10-12-20(16(2)3)18(5)15-19/h10,12,15-17H,6-9,11,13-14H2,1-5H3,(H,27,28). The number of carbonyl (C=O) groups is 2. The van der Waals surface area contributed by atoms with E-state index in [2.05, 4.69) is 45.1 Å². The van der Waals surface area contributed by atoms with Gasteiger partial charge in [0.2, 0.25) is 5.91 Å². The van der Waals surface area contributed by atoms with Gasteiger partial charge in [0, 0.05) is 11.3 Å². The molecule has 1 heterocycles. The van der Waals surface area contributed by atoms with Crippen LogP contribution in [0.3, 0.4) is 0 Å². The third-order valence-corrected chi connectivity index (χ3v) is 7.09. The smallest absolute Gasteiger partial charge is 0.341 e. The molecule has 0 bridgehead atoms. The zero-order valence-electron chi connectivity index (χ0n) is 19.9. The second kappa shape index (κ2) is 11.0. The van der Waals surface area contributed by atoms with Crippen LogP contribution in [0.1, 0.15) is 84.8 Å². The number of rotatable bonds is 9. The van der Waals surface area contributed by atoms with E-state index >= 15 is 0 Å². The molecule has 5 nitrogen and oxygen atoms in total. The van der Waals surface area contributed by atoms with Gasteiger partial charge in [-0.1, -0.05) is 26.8 Å². The first-order chi connectivity index (χ1) is 15.3. The number of benzene rings is 1. The predicted octanol–water partition coefficient (Wildman–Crippen LogP) is 6.28. The highest BCUT2D eigenvalue weighted by molar-refractivity contribution is 7.17. The number of aryl methyl sites for hydroxylation is 1. The van der Waals surface area contributed by atoms with Crippen molar-refractivity contribution in [3.05, 3.63) is 45.3 Å². The molecule has 0 saturated heterocycles. The molecule has 0 aliphatic heterocycles. The van der Waals surface area contributed by atoms with Crippen molar-refractivity contribution in [2.45, 2.75) is 72.6 Å². The lowest BCUT2D eigenvalue weighted by Gasteiger charge is -2.18. The summed E-state index contributed by atoms with van der Waals surface area (Å²) in [6, 6.07) is 6.15. The molecule has 32 heavy (non-hydrogen) atoms. The molecule has 0 spiro atoms. The van der Waals surface area contributed by atoms with E-state index in [0.29, 0.717) is 48.5 Å². The Labute approximate surface area is 195 Å². The molecule has 1 N–H and O–H groups in total. The second-order valence-electron chi connectivity index (χ2n) is 8.95. The number of amides is 1. The van der Waals surface area contributed by atoms with E-state index in [1.54, 1.807) is 6.92 Å². The van der Waals surface area contributed by atoms with Gasteiger partial charge in [0.05, 0.1) is 18.8 Å². The summed E-state index contributed by atoms with van der Waals surface area (Å²) in [6.45, 7) is 11.3. The van der Waals surface area contributed by atoms with Crippen molar-refractivity contribution in [1.29, 1.82) is 0 Å². The number of carbonyl (C=O) groups excluding carboxylic acids is 2. The minimum Gasteiger partial charge on any atom is -0.494 e. The maximum atomic E-state index is 12.6. The molecule has 1 aromatic carbocycles. The predicted molar refractivity (Wildman–Crippen MR) is 130 cm³/mol. The van der Waals surface area contributed by atoms with E-state index in [-0.39, 0.29) is 11.9 Å². The van der Waals surface area contributed by atoms with E-state index in [1.165, 1.54) is 27.3 Å². The van der Waals surface area contributed by atoms with Gasteiger partial charge >= 0.3 is 5.97 Å². The number of nitrogens with one attached hydrogen (secondary N) is 1. The zero-order chi connectivity index (χ0) is 23.3. The molecular weight excluding hydrogens is 422 g/mol. The fourth-order valence-corrected chi connectivity index (χ4v) is 5.67. The van der Waals surface area contributed by atoms with Gasteiger partial charge in [0.1, 0.15) is 10.8 Å². The fourth-order valence-electron chi connectivity index (χ4n) is 4.26. The Balaban J connectivity index is 1.57. The van der Waals surface area contributed by atoms with Crippen LogP contribution in [0, 0.1) is 12.8 Å². The molecule has 3 rings (SSSR count). The van der Waals surface area contributed by atoms with Crippen LogP contribution in [0.25, 0.3) is 0 Å². The summed E-state index contributed by atoms with van der Waals surface area (Å²) < 4.78 is 11.1. The Morgan fingerprint density at radius 3 is 2.75 bits per heavy atom. The van der Waals surface area contributed by atoms with Gasteiger partial charge in [-0.05, 0) is 80.2 Å². The number of fused-ring (bicyclic) bond motifs is 1. The van der Waals surface area contributed by atoms with E-state index in [4.69, 9.17) is 9.47 Å². The number of anilines is 1. The van der Waals surface area contributed by atoms with Crippen LogP contribution in [-0.2, 0) is 22.4 Å². The van der Waals surface area contributed by atoms with Crippen LogP contribution in [0.4, 0.5) is 5.00 Å². The summed E-state index contributed by atoms with van der Waals surface area (Å²) in [5, 5.41) is 3.61. The highest BCUT2D eigenvalue weighted by atomic mass is 32.1. The Morgan fingerprint density at radius 2 is 2.06 bits per heavy atom. The van der Waals surface area contributed by atoms with Crippen LogP contribution < -0.4 is 10.1 Å². The van der Waals surface area contributed by atoms with Crippen molar-refractivity contribution in [3.63, 3.8) is 0 Å². The fraction of sp³-hybridized carbons (Fsp3) is 0.538. The van der Waals surface area contributed by atoms with E-state index < -0.39 is 0 Å². The average Bonchev–Trinajstić information content (AvgIpc) is 3.07. The van der Waals surface area contributed by atoms with Crippen molar-refractivity contribution < 1.29 is 19.1 Å². The zero-order valence-corrected chi connectivity index (χ0v) is 20.7. The van der Waals surface area contributed by atoms with Crippen LogP contribution in [0.5, 0.6) is 5.75 Å². The van der Waals surface area contributed by atoms with Gasteiger partial charge in [-0.3, -0.25) is 4.79 Å². The van der Waals surface area contributed by atoms with E-state index in [9.17, 15) is 9.59 Å². The molecule has 1 aliphatic rings. The first-order valence-corrected chi connectivity index (χ1v) is 12.5. The van der Waals surface area contributed by atoms with Gasteiger partial charge in [0.25, 0.3) is 0 Å². The van der Waals surface area contributed by atoms with Crippen LogP contribution in [0.2, 0.25) is 0 Å². The topological polar surface area (TPSA) is 64.6 Å². The van der Waals surface area contributed by atoms with Gasteiger partial charge in [-0.15, -0.1) is 11.3 Å². The molecule has 2 aromatic rings. The molecule has 1 aliphatic carbocycles. The molecule has 1 aromatic heterocycles. The van der Waals surface area contributed by atoms with Crippen molar-refractivity contribution in [2.75, 3.05) is 18.5 Å². The molecule has 0 saturated carbocycles. The van der Waals surface area contributed by atoms with Gasteiger partial charge < -0.3 is 14.8 Å². The Morgan fingerprint density at radius 1 is 1.28 bits per heavy atom. The Hall–Kier alpha value is -2.34. The molecule has 6 heteroatoms. The maximum absolute atomic E-state index is 12.6. The summed E-state index contributed by atoms with van der Waals surface area (Å²) in [4.78, 5) is 26.4. The summed E-state index contributed by atoms with van der Waals surface area (Å²) >= 11 is 1.53. The highest BCUT2D eigenvalue weighted by Gasteiger charge is 2.29. The van der Waals surface area contributed by atoms with Crippen LogP contribution in [-0.4, -0.2) is 25.1 Å². The lowest BCUT2D eigenvalue weighted by molar-refractivity contribution is -0.116. The number of thiophene rings is 1. The third kappa shape index (κ3) is 5.91. The molecule has 0 radical (unpaired) electrons. The SMILES string of the molecule is CCOC(=O)c1c(NC(=O)CCCOc2ccc(C(C)C)c(C)c2)sc2c1CCC(C)C2. The van der Waals surface area contributed by atoms with Gasteiger partial charge in [-0.2, -0.15) is 0 Å². The van der Waals surface area contributed by atoms with Crippen molar-refractivity contribution in [1.82, 2.24) is 0 Å². The largest absolute Gasteiger partial charge is 0.494 e. The van der Waals surface area contributed by atoms with Gasteiger partial charge in [0.15, 0.2) is 0 Å². The lowest BCUT2D eigenvalue weighted by Crippen LogP contribution is -2.17. The molecular formula is C26H35NO4S. The number of hydrogen-bond acceptors (Lipinski definition) is 5. The van der Waals surface area contributed by atoms with Crippen molar-refractivity contribution in [2.24, 2.45) is 5.92 Å². The molecule has 1 unspecified atom stereocenters. The molecule has 1 amide bonds. The first-order valence-electron chi connectivity index (χ1n) is 11.6. The van der Waals surface area contributed by atoms with Crippen molar-refractivity contribution >= 4 is 28.2 Å². The van der Waals surface area contributed by atoms with E-state index in [0.717, 1.165) is 30.6 Å². The first kappa shape index (κ1) is 24.3. The monoisotopic (exact) mass is 457 g/mol. The lowest BCUT2D eigenvalue weighted by atomic mass is 9.88. The Bertz CT molecular complexity index is 963. The average molecular weight is 458 g/mol. The van der Waals surface area contributed by atoms with Crippen molar-refractivity contribution in [3.8, 4) is 5.75 Å². The molecule has 0 fully saturated rings. The van der Waals surface area contributed by atoms with Crippen LogP contribution in [0.15, 0.2) is 18.2 Å². The van der Waals surface area contributed by atoms with E-state index in [1.807, 2.05) is 6.07 Å². The van der Waals surface area contributed by atoms with Gasteiger partial charge in [-0.25, -0.2) is 4.79 Å². The highest BCUT2D eigenvalue weighted by Crippen LogP contribution is 2.40. The molecule has 1 atom stereocenters. The summed E-state index contributed by atoms with van der Waals surface area (Å²) in [7, 11) is 0. The third-order valence-electron chi connectivity index (χ3n) is 5.92. The molecule has 174 valence electrons. The quantitative estimate of drug-likeness (QED) is 0.355. The number of hydrogen-bond donors (Lipinski definition) is 1. The number of ether oxygens (including phenoxy) is 2. The normalized spacial score (nSPS) is 15.4. The summed E-state index contributed by atoms with van der Waals surface area (Å²) in [6.07, 6.45) is 3.81. The minimum absolute atomic E-state index is 0.0999. The maximum Gasteiger partial charge on any atom is 0.341 e. The Kier molecular flexibility index (Phi) is 8.35. The summed E-state index contributed by atoms with van der Waals surface area (Å²) in [5.74, 6) is 1.47.